The number of nitrogens with zero attached hydrogens (tertiary/aromatic N) is 4. The van der Waals surface area contributed by atoms with Gasteiger partial charge in [-0.1, -0.05) is 0 Å². The number of ether oxygens (including phenoxy) is 3. The Labute approximate surface area is 278 Å². The van der Waals surface area contributed by atoms with Gasteiger partial charge in [-0.05, 0) is 90.8 Å². The van der Waals surface area contributed by atoms with Crippen LogP contribution in [-0.4, -0.2) is 58.6 Å². The Morgan fingerprint density at radius 1 is 1.02 bits per heavy atom. The summed E-state index contributed by atoms with van der Waals surface area (Å²) in [6.07, 6.45) is 3.31. The molecule has 0 spiro atoms. The molecular formula is C34H40FN7O6. The van der Waals surface area contributed by atoms with Crippen LogP contribution in [0.1, 0.15) is 66.4 Å². The standard InChI is InChI=1S/C34H40FN7O6/c1-18-23(16-38-29-28(18)42(10-11-46-29)32(45)48-34(5,6)7)22-13-20-14-25(40-30(43)39-21-9-8-19(12-21)15-36)37-17-24(20)27(26(22)35)41-31(44)47-33(2,3)4/h13-14,16-17,19,21H,8-12H2,1-7H3,(H,41,44)(H2,37,39,40,43)/t19-,21+/m1/s1. The fourth-order valence-corrected chi connectivity index (χ4v) is 5.74. The number of amides is 4. The Kier molecular flexibility index (Phi) is 9.35. The van der Waals surface area contributed by atoms with Crippen LogP contribution in [-0.2, 0) is 9.47 Å². The minimum atomic E-state index is -0.876. The molecule has 1 fully saturated rings. The van der Waals surface area contributed by atoms with Gasteiger partial charge in [-0.2, -0.15) is 5.26 Å². The number of carbonyl (C=O) groups excluding carboxylic acids is 3. The number of nitriles is 1. The average molecular weight is 662 g/mol. The molecule has 48 heavy (non-hydrogen) atoms. The number of pyridine rings is 2. The zero-order chi connectivity index (χ0) is 35.0. The molecule has 2 aliphatic rings. The first-order valence-electron chi connectivity index (χ1n) is 15.8. The summed E-state index contributed by atoms with van der Waals surface area (Å²) in [4.78, 5) is 49.0. The molecule has 1 aromatic carbocycles. The second kappa shape index (κ2) is 13.1. The summed E-state index contributed by atoms with van der Waals surface area (Å²) < 4.78 is 33.4. The summed E-state index contributed by atoms with van der Waals surface area (Å²) in [6.45, 7) is 12.5. The van der Waals surface area contributed by atoms with Crippen molar-refractivity contribution in [3.63, 3.8) is 0 Å². The van der Waals surface area contributed by atoms with Gasteiger partial charge in [-0.25, -0.2) is 28.7 Å². The van der Waals surface area contributed by atoms with E-state index in [9.17, 15) is 19.6 Å². The van der Waals surface area contributed by atoms with Crippen LogP contribution in [0, 0.1) is 30.0 Å². The van der Waals surface area contributed by atoms with Crippen molar-refractivity contribution in [2.75, 3.05) is 28.7 Å². The van der Waals surface area contributed by atoms with E-state index in [1.807, 2.05) is 0 Å². The second-order valence-electron chi connectivity index (χ2n) is 13.9. The molecule has 0 bridgehead atoms. The van der Waals surface area contributed by atoms with E-state index in [-0.39, 0.29) is 53.4 Å². The van der Waals surface area contributed by atoms with Crippen molar-refractivity contribution in [2.24, 2.45) is 5.92 Å². The summed E-state index contributed by atoms with van der Waals surface area (Å²) in [5.41, 5.74) is -0.574. The van der Waals surface area contributed by atoms with E-state index >= 15 is 4.39 Å². The predicted molar refractivity (Wildman–Crippen MR) is 177 cm³/mol. The van der Waals surface area contributed by atoms with Crippen LogP contribution in [0.15, 0.2) is 24.5 Å². The predicted octanol–water partition coefficient (Wildman–Crippen LogP) is 7.04. The minimum Gasteiger partial charge on any atom is -0.474 e. The van der Waals surface area contributed by atoms with Gasteiger partial charge < -0.3 is 19.5 Å². The van der Waals surface area contributed by atoms with Crippen LogP contribution in [0.5, 0.6) is 5.88 Å². The van der Waals surface area contributed by atoms with Crippen molar-refractivity contribution in [1.29, 1.82) is 5.26 Å². The van der Waals surface area contributed by atoms with E-state index in [0.717, 1.165) is 6.42 Å². The largest absolute Gasteiger partial charge is 0.474 e. The Hall–Kier alpha value is -5.19. The van der Waals surface area contributed by atoms with Crippen LogP contribution in [0.3, 0.4) is 0 Å². The molecule has 5 rings (SSSR count). The Morgan fingerprint density at radius 3 is 2.42 bits per heavy atom. The Bertz CT molecular complexity index is 1810. The highest BCUT2D eigenvalue weighted by Crippen LogP contribution is 2.42. The van der Waals surface area contributed by atoms with Gasteiger partial charge in [-0.15, -0.1) is 0 Å². The van der Waals surface area contributed by atoms with E-state index in [2.05, 4.69) is 32.0 Å². The van der Waals surface area contributed by atoms with Gasteiger partial charge in [0.2, 0.25) is 5.88 Å². The molecule has 13 nitrogen and oxygen atoms in total. The number of hydrogen-bond acceptors (Lipinski definition) is 9. The maximum absolute atomic E-state index is 16.6. The lowest BCUT2D eigenvalue weighted by molar-refractivity contribution is 0.0564. The maximum Gasteiger partial charge on any atom is 0.415 e. The van der Waals surface area contributed by atoms with Crippen molar-refractivity contribution in [1.82, 2.24) is 15.3 Å². The summed E-state index contributed by atoms with van der Waals surface area (Å²) >= 11 is 0. The second-order valence-corrected chi connectivity index (χ2v) is 13.9. The quantitative estimate of drug-likeness (QED) is 0.266. The molecule has 1 aliphatic heterocycles. The highest BCUT2D eigenvalue weighted by atomic mass is 19.1. The fraction of sp³-hybridized carbons (Fsp3) is 0.471. The molecule has 1 aliphatic carbocycles. The zero-order valence-electron chi connectivity index (χ0n) is 28.1. The van der Waals surface area contributed by atoms with Gasteiger partial charge in [0.25, 0.3) is 0 Å². The minimum absolute atomic E-state index is 0.0613. The SMILES string of the molecule is Cc1c(-c2cc3cc(NC(=O)N[C@H]4CC[C@@H](C#N)C4)ncc3c(NC(=O)OC(C)(C)C)c2F)cnc2c1N(C(=O)OC(C)(C)C)CCO2. The number of aromatic nitrogens is 2. The molecular weight excluding hydrogens is 621 g/mol. The van der Waals surface area contributed by atoms with Crippen LogP contribution >= 0.6 is 0 Å². The van der Waals surface area contributed by atoms with Crippen LogP contribution in [0.25, 0.3) is 21.9 Å². The fourth-order valence-electron chi connectivity index (χ4n) is 5.74. The highest BCUT2D eigenvalue weighted by molar-refractivity contribution is 6.05. The number of halogens is 1. The number of rotatable bonds is 4. The van der Waals surface area contributed by atoms with Crippen LogP contribution in [0.2, 0.25) is 0 Å². The molecule has 0 radical (unpaired) electrons. The van der Waals surface area contributed by atoms with Crippen LogP contribution < -0.4 is 25.6 Å². The number of anilines is 3. The average Bonchev–Trinajstić information content (AvgIpc) is 3.44. The number of carbonyl (C=O) groups is 3. The van der Waals surface area contributed by atoms with Gasteiger partial charge >= 0.3 is 18.2 Å². The maximum atomic E-state index is 16.6. The molecule has 1 saturated carbocycles. The molecule has 2 atom stereocenters. The molecule has 3 aromatic rings. The van der Waals surface area contributed by atoms with Gasteiger partial charge in [0.1, 0.15) is 29.3 Å². The molecule has 254 valence electrons. The van der Waals surface area contributed by atoms with E-state index in [0.29, 0.717) is 35.0 Å². The first-order valence-corrected chi connectivity index (χ1v) is 15.8. The number of urea groups is 1. The summed E-state index contributed by atoms with van der Waals surface area (Å²) in [6, 6.07) is 4.73. The number of nitrogens with one attached hydrogen (secondary N) is 3. The molecule has 0 saturated heterocycles. The van der Waals surface area contributed by atoms with E-state index < -0.39 is 35.2 Å². The normalized spacial score (nSPS) is 17.5. The third kappa shape index (κ3) is 7.67. The van der Waals surface area contributed by atoms with E-state index in [4.69, 9.17) is 14.2 Å². The van der Waals surface area contributed by atoms with Crippen LogP contribution in [0.4, 0.5) is 36.0 Å². The van der Waals surface area contributed by atoms with Crippen molar-refractivity contribution in [3.05, 3.63) is 35.9 Å². The van der Waals surface area contributed by atoms with Crippen molar-refractivity contribution in [2.45, 2.75) is 85.0 Å². The van der Waals surface area contributed by atoms with E-state index in [1.54, 1.807) is 60.6 Å². The van der Waals surface area contributed by atoms with Gasteiger partial charge in [0.15, 0.2) is 5.82 Å². The highest BCUT2D eigenvalue weighted by Gasteiger charge is 2.33. The topological polar surface area (TPSA) is 168 Å². The lowest BCUT2D eigenvalue weighted by Gasteiger charge is -2.32. The smallest absolute Gasteiger partial charge is 0.415 e. The number of fused-ring (bicyclic) bond motifs is 2. The first-order chi connectivity index (χ1) is 22.5. The third-order valence-corrected chi connectivity index (χ3v) is 7.78. The number of hydrogen-bond donors (Lipinski definition) is 3. The monoisotopic (exact) mass is 661 g/mol. The van der Waals surface area contributed by atoms with Gasteiger partial charge in [0.05, 0.1) is 18.3 Å². The van der Waals surface area contributed by atoms with Gasteiger partial charge in [0, 0.05) is 40.9 Å². The van der Waals surface area contributed by atoms with Crippen molar-refractivity contribution in [3.8, 4) is 23.1 Å². The van der Waals surface area contributed by atoms with Crippen molar-refractivity contribution < 1.29 is 33.0 Å². The summed E-state index contributed by atoms with van der Waals surface area (Å²) in [5, 5.41) is 18.0. The molecule has 4 amide bonds. The van der Waals surface area contributed by atoms with Gasteiger partial charge in [-0.3, -0.25) is 15.5 Å². The summed E-state index contributed by atoms with van der Waals surface area (Å²) in [7, 11) is 0. The lowest BCUT2D eigenvalue weighted by Crippen LogP contribution is -2.42. The molecule has 2 aromatic heterocycles. The Balaban J connectivity index is 1.57. The lowest BCUT2D eigenvalue weighted by atomic mass is 9.96. The first kappa shape index (κ1) is 34.2. The number of benzene rings is 1. The van der Waals surface area contributed by atoms with E-state index in [1.165, 1.54) is 17.3 Å². The third-order valence-electron chi connectivity index (χ3n) is 7.78. The molecule has 3 heterocycles. The molecule has 0 unspecified atom stereocenters. The summed E-state index contributed by atoms with van der Waals surface area (Å²) in [5.74, 6) is -0.498. The van der Waals surface area contributed by atoms with Crippen molar-refractivity contribution >= 4 is 46.2 Å². The molecule has 3 N–H and O–H groups in total. The zero-order valence-corrected chi connectivity index (χ0v) is 28.1. The Morgan fingerprint density at radius 2 is 1.75 bits per heavy atom. The molecule has 14 heteroatoms.